The third kappa shape index (κ3) is 5.22. The lowest BCUT2D eigenvalue weighted by atomic mass is 10.2. The highest BCUT2D eigenvalue weighted by molar-refractivity contribution is 7.98. The Balaban J connectivity index is 1.71. The van der Waals surface area contributed by atoms with Gasteiger partial charge >= 0.3 is 0 Å². The summed E-state index contributed by atoms with van der Waals surface area (Å²) in [5.74, 6) is 2.49. The van der Waals surface area contributed by atoms with Gasteiger partial charge in [-0.15, -0.1) is 10.2 Å². The maximum atomic E-state index is 6.11. The molecule has 7 heteroatoms. The van der Waals surface area contributed by atoms with Crippen molar-refractivity contribution >= 4 is 35.0 Å². The van der Waals surface area contributed by atoms with E-state index in [1.165, 1.54) is 0 Å². The summed E-state index contributed by atoms with van der Waals surface area (Å²) in [4.78, 5) is 0. The van der Waals surface area contributed by atoms with E-state index >= 15 is 0 Å². The minimum atomic E-state index is 0.566. The van der Waals surface area contributed by atoms with Crippen LogP contribution in [0.1, 0.15) is 32.3 Å². The number of thioether (sulfide) groups is 1. The lowest BCUT2D eigenvalue weighted by Gasteiger charge is -2.09. The topological polar surface area (TPSA) is 39.9 Å². The first kappa shape index (κ1) is 21.0. The summed E-state index contributed by atoms with van der Waals surface area (Å²) in [6.45, 7) is 5.79. The molecule has 4 nitrogen and oxygen atoms in total. The quantitative estimate of drug-likeness (QED) is 0.275. The Morgan fingerprint density at radius 3 is 2.46 bits per heavy atom. The Bertz CT molecular complexity index is 913. The van der Waals surface area contributed by atoms with E-state index in [-0.39, 0.29) is 0 Å². The minimum Gasteiger partial charge on any atom is -0.494 e. The van der Waals surface area contributed by atoms with Gasteiger partial charge < -0.3 is 9.30 Å². The van der Waals surface area contributed by atoms with Crippen LogP contribution in [0.5, 0.6) is 5.75 Å². The van der Waals surface area contributed by atoms with E-state index in [0.717, 1.165) is 59.6 Å². The smallest absolute Gasteiger partial charge is 0.191 e. The van der Waals surface area contributed by atoms with Crippen LogP contribution in [0.15, 0.2) is 47.6 Å². The van der Waals surface area contributed by atoms with Crippen LogP contribution < -0.4 is 4.74 Å². The molecule has 28 heavy (non-hydrogen) atoms. The molecule has 0 radical (unpaired) electrons. The summed E-state index contributed by atoms with van der Waals surface area (Å²) >= 11 is 13.7. The van der Waals surface area contributed by atoms with E-state index in [0.29, 0.717) is 10.0 Å². The van der Waals surface area contributed by atoms with E-state index in [1.807, 2.05) is 42.5 Å². The molecule has 1 aromatic heterocycles. The molecule has 0 aliphatic carbocycles. The average Bonchev–Trinajstić information content (AvgIpc) is 3.12. The summed E-state index contributed by atoms with van der Waals surface area (Å²) < 4.78 is 7.86. The molecule has 0 unspecified atom stereocenters. The number of hydrogen-bond acceptors (Lipinski definition) is 4. The van der Waals surface area contributed by atoms with E-state index in [1.54, 1.807) is 11.8 Å². The van der Waals surface area contributed by atoms with Crippen molar-refractivity contribution < 1.29 is 4.74 Å². The fourth-order valence-corrected chi connectivity index (χ4v) is 3.97. The number of rotatable bonds is 9. The lowest BCUT2D eigenvalue weighted by molar-refractivity contribution is 0.309. The van der Waals surface area contributed by atoms with Crippen LogP contribution in [0.25, 0.3) is 11.4 Å². The maximum Gasteiger partial charge on any atom is 0.191 e. The van der Waals surface area contributed by atoms with Crippen LogP contribution in [0.4, 0.5) is 0 Å². The van der Waals surface area contributed by atoms with Gasteiger partial charge in [0, 0.05) is 17.9 Å². The predicted molar refractivity (Wildman–Crippen MR) is 118 cm³/mol. The molecule has 1 heterocycles. The first-order valence-corrected chi connectivity index (χ1v) is 11.1. The normalized spacial score (nSPS) is 11.0. The summed E-state index contributed by atoms with van der Waals surface area (Å²) in [6, 6.07) is 13.7. The van der Waals surface area contributed by atoms with Crippen molar-refractivity contribution in [2.45, 2.75) is 44.1 Å². The molecule has 0 aliphatic rings. The Morgan fingerprint density at radius 1 is 1.00 bits per heavy atom. The van der Waals surface area contributed by atoms with Gasteiger partial charge in [0.2, 0.25) is 0 Å². The van der Waals surface area contributed by atoms with Crippen molar-refractivity contribution in [2.24, 2.45) is 0 Å². The second-order valence-electron chi connectivity index (χ2n) is 6.31. The summed E-state index contributed by atoms with van der Waals surface area (Å²) in [5, 5.41) is 10.8. The molecular weight excluding hydrogens is 413 g/mol. The number of aromatic nitrogens is 3. The zero-order valence-electron chi connectivity index (χ0n) is 16.0. The van der Waals surface area contributed by atoms with Crippen molar-refractivity contribution in [3.63, 3.8) is 0 Å². The van der Waals surface area contributed by atoms with Gasteiger partial charge in [0.25, 0.3) is 0 Å². The Morgan fingerprint density at radius 2 is 1.79 bits per heavy atom. The monoisotopic (exact) mass is 435 g/mol. The van der Waals surface area contributed by atoms with Crippen molar-refractivity contribution in [3.05, 3.63) is 58.1 Å². The van der Waals surface area contributed by atoms with Gasteiger partial charge in [0.05, 0.1) is 16.7 Å². The van der Waals surface area contributed by atoms with Crippen LogP contribution in [0.3, 0.4) is 0 Å². The van der Waals surface area contributed by atoms with Gasteiger partial charge in [0.15, 0.2) is 11.0 Å². The Hall–Kier alpha value is -1.69. The van der Waals surface area contributed by atoms with Crippen LogP contribution in [0.2, 0.25) is 10.0 Å². The first-order valence-electron chi connectivity index (χ1n) is 9.35. The van der Waals surface area contributed by atoms with Gasteiger partial charge in [0.1, 0.15) is 5.75 Å². The standard InChI is InChI=1S/C21H23Cl2N3OS/c1-3-5-12-27-17-9-7-16(8-10-17)20-24-25-21(26(20)4-2)28-14-15-6-11-18(22)19(23)13-15/h6-11,13H,3-5,12,14H2,1-2H3. The fourth-order valence-electron chi connectivity index (χ4n) is 2.71. The summed E-state index contributed by atoms with van der Waals surface area (Å²) in [5.41, 5.74) is 2.12. The Labute approximate surface area is 180 Å². The predicted octanol–water partition coefficient (Wildman–Crippen LogP) is 6.74. The van der Waals surface area contributed by atoms with Crippen LogP contribution in [0, 0.1) is 0 Å². The van der Waals surface area contributed by atoms with Crippen LogP contribution >= 0.6 is 35.0 Å². The highest BCUT2D eigenvalue weighted by Crippen LogP contribution is 2.29. The molecule has 0 spiro atoms. The van der Waals surface area contributed by atoms with Gasteiger partial charge in [-0.2, -0.15) is 0 Å². The minimum absolute atomic E-state index is 0.566. The zero-order valence-corrected chi connectivity index (χ0v) is 18.3. The molecule has 148 valence electrons. The van der Waals surface area contributed by atoms with Gasteiger partial charge in [-0.3, -0.25) is 0 Å². The number of ether oxygens (including phenoxy) is 1. The van der Waals surface area contributed by atoms with Crippen molar-refractivity contribution in [2.75, 3.05) is 6.61 Å². The van der Waals surface area contributed by atoms with Crippen molar-refractivity contribution in [1.29, 1.82) is 0 Å². The molecule has 0 amide bonds. The number of hydrogen-bond donors (Lipinski definition) is 0. The largest absolute Gasteiger partial charge is 0.494 e. The van der Waals surface area contributed by atoms with Crippen LogP contribution in [-0.4, -0.2) is 21.4 Å². The third-order valence-corrected chi connectivity index (χ3v) is 6.04. The van der Waals surface area contributed by atoms with Gasteiger partial charge in [-0.25, -0.2) is 0 Å². The molecule has 0 saturated heterocycles. The maximum absolute atomic E-state index is 6.11. The average molecular weight is 436 g/mol. The molecule has 0 saturated carbocycles. The lowest BCUT2D eigenvalue weighted by Crippen LogP contribution is -2.00. The molecule has 0 fully saturated rings. The number of nitrogens with zero attached hydrogens (tertiary/aromatic N) is 3. The van der Waals surface area contributed by atoms with Gasteiger partial charge in [-0.05, 0) is 55.3 Å². The molecule has 0 N–H and O–H groups in total. The molecule has 2 aromatic carbocycles. The molecule has 0 aliphatic heterocycles. The SMILES string of the molecule is CCCCOc1ccc(-c2nnc(SCc3ccc(Cl)c(Cl)c3)n2CC)cc1. The van der Waals surface area contributed by atoms with Crippen LogP contribution in [-0.2, 0) is 12.3 Å². The van der Waals surface area contributed by atoms with Crippen molar-refractivity contribution in [1.82, 2.24) is 14.8 Å². The fraction of sp³-hybridized carbons (Fsp3) is 0.333. The Kier molecular flexibility index (Phi) is 7.65. The zero-order chi connectivity index (χ0) is 19.9. The van der Waals surface area contributed by atoms with E-state index < -0.39 is 0 Å². The summed E-state index contributed by atoms with van der Waals surface area (Å²) in [6.07, 6.45) is 2.19. The second kappa shape index (κ2) is 10.2. The second-order valence-corrected chi connectivity index (χ2v) is 8.07. The molecule has 0 atom stereocenters. The third-order valence-electron chi connectivity index (χ3n) is 4.26. The highest BCUT2D eigenvalue weighted by Gasteiger charge is 2.13. The molecule has 0 bridgehead atoms. The van der Waals surface area contributed by atoms with Crippen molar-refractivity contribution in [3.8, 4) is 17.1 Å². The number of benzene rings is 2. The van der Waals surface area contributed by atoms with E-state index in [2.05, 4.69) is 28.6 Å². The number of unbranched alkanes of at least 4 members (excludes halogenated alkanes) is 1. The number of halogens is 2. The molecule has 3 aromatic rings. The first-order chi connectivity index (χ1) is 13.6. The van der Waals surface area contributed by atoms with E-state index in [4.69, 9.17) is 27.9 Å². The van der Waals surface area contributed by atoms with Gasteiger partial charge in [-0.1, -0.05) is 54.4 Å². The molecular formula is C21H23Cl2N3OS. The van der Waals surface area contributed by atoms with E-state index in [9.17, 15) is 0 Å². The molecule has 3 rings (SSSR count). The highest BCUT2D eigenvalue weighted by atomic mass is 35.5. The summed E-state index contributed by atoms with van der Waals surface area (Å²) in [7, 11) is 0.